The minimum absolute atomic E-state index is 0.0647. The second-order valence-electron chi connectivity index (χ2n) is 4.46. The van der Waals surface area contributed by atoms with Crippen molar-refractivity contribution in [2.75, 3.05) is 12.0 Å². The number of hydrogen-bond acceptors (Lipinski definition) is 3. The fourth-order valence-electron chi connectivity index (χ4n) is 1.55. The summed E-state index contributed by atoms with van der Waals surface area (Å²) in [5.74, 6) is 0.145. The zero-order chi connectivity index (χ0) is 13.1. The van der Waals surface area contributed by atoms with Crippen molar-refractivity contribution < 1.29 is 8.42 Å². The van der Waals surface area contributed by atoms with Crippen LogP contribution in [0.1, 0.15) is 18.1 Å². The van der Waals surface area contributed by atoms with Gasteiger partial charge >= 0.3 is 0 Å². The topological polar surface area (TPSA) is 46.2 Å². The lowest BCUT2D eigenvalue weighted by atomic mass is 10.1. The van der Waals surface area contributed by atoms with Gasteiger partial charge in [-0.15, -0.1) is 0 Å². The van der Waals surface area contributed by atoms with E-state index in [4.69, 9.17) is 11.6 Å². The molecule has 96 valence electrons. The van der Waals surface area contributed by atoms with Crippen molar-refractivity contribution in [2.45, 2.75) is 26.4 Å². The summed E-state index contributed by atoms with van der Waals surface area (Å²) < 4.78 is 22.2. The standard InChI is InChI=1S/C12H18ClNO2S/c1-9-4-5-11(6-12(9)13)7-14-10(2)8-17(3,15)16/h4-6,10,14H,7-8H2,1-3H3. The zero-order valence-electron chi connectivity index (χ0n) is 10.3. The number of benzene rings is 1. The molecule has 1 unspecified atom stereocenters. The molecule has 0 saturated heterocycles. The van der Waals surface area contributed by atoms with Gasteiger partial charge in [-0.3, -0.25) is 0 Å². The maximum atomic E-state index is 11.1. The number of aryl methyl sites for hydroxylation is 1. The Hall–Kier alpha value is -0.580. The molecule has 0 radical (unpaired) electrons. The van der Waals surface area contributed by atoms with Crippen molar-refractivity contribution in [3.05, 3.63) is 34.3 Å². The van der Waals surface area contributed by atoms with Crippen molar-refractivity contribution in [2.24, 2.45) is 0 Å². The molecule has 3 nitrogen and oxygen atoms in total. The summed E-state index contributed by atoms with van der Waals surface area (Å²) in [5.41, 5.74) is 2.10. The molecular formula is C12H18ClNO2S. The molecule has 17 heavy (non-hydrogen) atoms. The van der Waals surface area contributed by atoms with Crippen LogP contribution in [0.4, 0.5) is 0 Å². The smallest absolute Gasteiger partial charge is 0.148 e. The summed E-state index contributed by atoms with van der Waals surface area (Å²) in [7, 11) is -2.93. The third-order valence-corrected chi connectivity index (χ3v) is 3.96. The summed E-state index contributed by atoms with van der Waals surface area (Å²) in [4.78, 5) is 0. The summed E-state index contributed by atoms with van der Waals surface area (Å²) in [6.07, 6.45) is 1.24. The average Bonchev–Trinajstić information content (AvgIpc) is 2.17. The second kappa shape index (κ2) is 5.85. The first-order valence-corrected chi connectivity index (χ1v) is 7.88. The number of halogens is 1. The fourth-order valence-corrected chi connectivity index (χ4v) is 2.78. The van der Waals surface area contributed by atoms with E-state index in [1.807, 2.05) is 32.0 Å². The monoisotopic (exact) mass is 275 g/mol. The van der Waals surface area contributed by atoms with Crippen LogP contribution in [0, 0.1) is 6.92 Å². The maximum absolute atomic E-state index is 11.1. The second-order valence-corrected chi connectivity index (χ2v) is 7.05. The van der Waals surface area contributed by atoms with Gasteiger partial charge in [-0.25, -0.2) is 8.42 Å². The SMILES string of the molecule is Cc1ccc(CNC(C)CS(C)(=O)=O)cc1Cl. The van der Waals surface area contributed by atoms with Crippen LogP contribution in [0.2, 0.25) is 5.02 Å². The van der Waals surface area contributed by atoms with Crippen LogP contribution in [0.5, 0.6) is 0 Å². The van der Waals surface area contributed by atoms with Crippen LogP contribution in [0.25, 0.3) is 0 Å². The largest absolute Gasteiger partial charge is 0.309 e. The molecule has 0 saturated carbocycles. The van der Waals surface area contributed by atoms with E-state index in [0.29, 0.717) is 6.54 Å². The van der Waals surface area contributed by atoms with Crippen LogP contribution in [0.15, 0.2) is 18.2 Å². The van der Waals surface area contributed by atoms with Gasteiger partial charge in [-0.05, 0) is 31.0 Å². The first kappa shape index (κ1) is 14.5. The first-order chi connectivity index (χ1) is 7.78. The average molecular weight is 276 g/mol. The van der Waals surface area contributed by atoms with Gasteiger partial charge in [0.1, 0.15) is 9.84 Å². The van der Waals surface area contributed by atoms with Gasteiger partial charge in [0.15, 0.2) is 0 Å². The summed E-state index contributed by atoms with van der Waals surface area (Å²) >= 11 is 6.01. The van der Waals surface area contributed by atoms with Crippen LogP contribution >= 0.6 is 11.6 Å². The van der Waals surface area contributed by atoms with Crippen LogP contribution in [0.3, 0.4) is 0 Å². The van der Waals surface area contributed by atoms with Crippen LogP contribution < -0.4 is 5.32 Å². The molecule has 0 spiro atoms. The Kier molecular flexibility index (Phi) is 4.98. The summed E-state index contributed by atoms with van der Waals surface area (Å²) in [5, 5.41) is 3.90. The predicted molar refractivity (Wildman–Crippen MR) is 72.2 cm³/mol. The Morgan fingerprint density at radius 3 is 2.59 bits per heavy atom. The Balaban J connectivity index is 2.53. The highest BCUT2D eigenvalue weighted by atomic mass is 35.5. The Bertz CT molecular complexity index is 485. The van der Waals surface area contributed by atoms with Crippen molar-refractivity contribution in [1.29, 1.82) is 0 Å². The Labute approximate surface area is 108 Å². The molecule has 0 heterocycles. The molecule has 0 aliphatic heterocycles. The molecule has 1 aromatic carbocycles. The third kappa shape index (κ3) is 5.52. The molecule has 1 N–H and O–H groups in total. The summed E-state index contributed by atoms with van der Waals surface area (Å²) in [6.45, 7) is 4.43. The first-order valence-electron chi connectivity index (χ1n) is 5.44. The molecule has 0 bridgehead atoms. The van der Waals surface area contributed by atoms with Crippen molar-refractivity contribution in [3.63, 3.8) is 0 Å². The van der Waals surface area contributed by atoms with Gasteiger partial charge in [-0.1, -0.05) is 23.7 Å². The molecule has 0 aliphatic carbocycles. The van der Waals surface area contributed by atoms with Crippen molar-refractivity contribution in [1.82, 2.24) is 5.32 Å². The maximum Gasteiger partial charge on any atom is 0.148 e. The molecule has 5 heteroatoms. The quantitative estimate of drug-likeness (QED) is 0.896. The lowest BCUT2D eigenvalue weighted by Crippen LogP contribution is -2.32. The lowest BCUT2D eigenvalue weighted by molar-refractivity contribution is 0.560. The third-order valence-electron chi connectivity index (χ3n) is 2.44. The van der Waals surface area contributed by atoms with Gasteiger partial charge in [0, 0.05) is 23.9 Å². The number of rotatable bonds is 5. The van der Waals surface area contributed by atoms with Crippen LogP contribution in [-0.2, 0) is 16.4 Å². The predicted octanol–water partition coefficient (Wildman–Crippen LogP) is 2.17. The molecule has 0 fully saturated rings. The van der Waals surface area contributed by atoms with Gasteiger partial charge in [0.05, 0.1) is 5.75 Å². The van der Waals surface area contributed by atoms with Gasteiger partial charge < -0.3 is 5.32 Å². The Morgan fingerprint density at radius 1 is 1.41 bits per heavy atom. The highest BCUT2D eigenvalue weighted by molar-refractivity contribution is 7.90. The van der Waals surface area contributed by atoms with E-state index in [1.165, 1.54) is 6.26 Å². The van der Waals surface area contributed by atoms with Gasteiger partial charge in [0.25, 0.3) is 0 Å². The molecule has 0 amide bonds. The number of nitrogens with one attached hydrogen (secondary N) is 1. The van der Waals surface area contributed by atoms with E-state index >= 15 is 0 Å². The number of sulfone groups is 1. The van der Waals surface area contributed by atoms with E-state index in [1.54, 1.807) is 0 Å². The van der Waals surface area contributed by atoms with E-state index in [2.05, 4.69) is 5.32 Å². The minimum atomic E-state index is -2.93. The zero-order valence-corrected chi connectivity index (χ0v) is 11.9. The van der Waals surface area contributed by atoms with Gasteiger partial charge in [-0.2, -0.15) is 0 Å². The molecule has 1 rings (SSSR count). The molecule has 1 atom stereocenters. The molecule has 1 aromatic rings. The summed E-state index contributed by atoms with van der Waals surface area (Å²) in [6, 6.07) is 5.78. The molecule has 0 aromatic heterocycles. The molecule has 0 aliphatic rings. The van der Waals surface area contributed by atoms with Crippen molar-refractivity contribution >= 4 is 21.4 Å². The fraction of sp³-hybridized carbons (Fsp3) is 0.500. The van der Waals surface area contributed by atoms with Crippen molar-refractivity contribution in [3.8, 4) is 0 Å². The van der Waals surface area contributed by atoms with Gasteiger partial charge in [0.2, 0.25) is 0 Å². The number of hydrogen-bond donors (Lipinski definition) is 1. The molecular weight excluding hydrogens is 258 g/mol. The highest BCUT2D eigenvalue weighted by Gasteiger charge is 2.09. The lowest BCUT2D eigenvalue weighted by Gasteiger charge is -2.13. The minimum Gasteiger partial charge on any atom is -0.309 e. The van der Waals surface area contributed by atoms with Crippen LogP contribution in [-0.4, -0.2) is 26.5 Å². The van der Waals surface area contributed by atoms with E-state index in [0.717, 1.165) is 16.1 Å². The van der Waals surface area contributed by atoms with E-state index in [-0.39, 0.29) is 11.8 Å². The van der Waals surface area contributed by atoms with E-state index < -0.39 is 9.84 Å². The Morgan fingerprint density at radius 2 is 2.06 bits per heavy atom. The normalized spacial score (nSPS) is 13.6. The van der Waals surface area contributed by atoms with E-state index in [9.17, 15) is 8.42 Å². The highest BCUT2D eigenvalue weighted by Crippen LogP contribution is 2.16.